The van der Waals surface area contributed by atoms with Gasteiger partial charge in [0.05, 0.1) is 30.3 Å². The Hall–Kier alpha value is -2.62. The summed E-state index contributed by atoms with van der Waals surface area (Å²) < 4.78 is 19.4. The van der Waals surface area contributed by atoms with E-state index in [1.54, 1.807) is 0 Å². The van der Waals surface area contributed by atoms with Gasteiger partial charge >= 0.3 is 0 Å². The molecule has 0 unspecified atom stereocenters. The number of rotatable bonds is 5. The minimum atomic E-state index is 0.0409. The van der Waals surface area contributed by atoms with Gasteiger partial charge in [-0.05, 0) is 42.0 Å². The average Bonchev–Trinajstić information content (AvgIpc) is 3.18. The standard InChI is InChI=1S/C27H25IN2O4/c1-17-25(27(31)22-5-2-4-18-14-20(34-28)8-9-21(18)22)23-6-3-7-24-26(23)30(17)19(16-33-24)15-29-10-12-32-13-11-29/h2-9,14,19H,10-13,15-16H2,1H3/t19-/m1/s1. The van der Waals surface area contributed by atoms with Crippen LogP contribution in [0.5, 0.6) is 11.5 Å². The number of ketones is 1. The summed E-state index contributed by atoms with van der Waals surface area (Å²) >= 11 is 1.88. The second-order valence-corrected chi connectivity index (χ2v) is 9.40. The number of para-hydroxylation sites is 1. The molecular formula is C27H25IN2O4. The number of halogens is 1. The molecule has 0 aliphatic carbocycles. The second kappa shape index (κ2) is 8.87. The quantitative estimate of drug-likeness (QED) is 0.241. The number of carbonyl (C=O) groups excluding carboxylic acids is 1. The SMILES string of the molecule is Cc1c(C(=O)c2cccc3cc(OI)ccc23)c2cccc3c2n1[C@H](CN1CCOCC1)CO3. The molecule has 2 aliphatic heterocycles. The Kier molecular flexibility index (Phi) is 5.71. The molecule has 7 heteroatoms. The molecule has 0 radical (unpaired) electrons. The molecule has 6 rings (SSSR count). The van der Waals surface area contributed by atoms with Crippen molar-refractivity contribution in [2.75, 3.05) is 39.5 Å². The number of aromatic nitrogens is 1. The van der Waals surface area contributed by atoms with Gasteiger partial charge in [-0.1, -0.05) is 30.3 Å². The van der Waals surface area contributed by atoms with Gasteiger partial charge in [0.1, 0.15) is 18.1 Å². The molecule has 1 aromatic heterocycles. The molecule has 1 saturated heterocycles. The average molecular weight is 568 g/mol. The van der Waals surface area contributed by atoms with Crippen LogP contribution < -0.4 is 7.80 Å². The van der Waals surface area contributed by atoms with Gasteiger partial charge < -0.3 is 17.1 Å². The van der Waals surface area contributed by atoms with Gasteiger partial charge in [-0.2, -0.15) is 0 Å². The molecule has 6 nitrogen and oxygen atoms in total. The predicted octanol–water partition coefficient (Wildman–Crippen LogP) is 5.33. The maximum absolute atomic E-state index is 14.1. The molecule has 0 bridgehead atoms. The van der Waals surface area contributed by atoms with Crippen LogP contribution in [-0.4, -0.2) is 54.7 Å². The Balaban J connectivity index is 1.48. The summed E-state index contributed by atoms with van der Waals surface area (Å²) in [5, 5.41) is 2.87. The first kappa shape index (κ1) is 21.9. The van der Waals surface area contributed by atoms with Crippen LogP contribution in [0.4, 0.5) is 0 Å². The zero-order valence-corrected chi connectivity index (χ0v) is 21.1. The van der Waals surface area contributed by atoms with E-state index in [9.17, 15) is 4.79 Å². The largest absolute Gasteiger partial charge is 0.489 e. The van der Waals surface area contributed by atoms with E-state index in [-0.39, 0.29) is 11.8 Å². The van der Waals surface area contributed by atoms with Crippen molar-refractivity contribution in [3.05, 3.63) is 71.4 Å². The van der Waals surface area contributed by atoms with Crippen molar-refractivity contribution in [3.8, 4) is 11.5 Å². The van der Waals surface area contributed by atoms with Crippen LogP contribution in [-0.2, 0) is 4.74 Å². The normalized spacial score (nSPS) is 18.2. The van der Waals surface area contributed by atoms with E-state index in [1.165, 1.54) is 0 Å². The highest BCUT2D eigenvalue weighted by atomic mass is 127. The van der Waals surface area contributed by atoms with Crippen molar-refractivity contribution < 1.29 is 17.3 Å². The first-order valence-corrected chi connectivity index (χ1v) is 12.5. The van der Waals surface area contributed by atoms with E-state index in [0.29, 0.717) is 12.2 Å². The van der Waals surface area contributed by atoms with E-state index in [0.717, 1.165) is 77.3 Å². The molecule has 4 aromatic rings. The maximum Gasteiger partial charge on any atom is 0.196 e. The van der Waals surface area contributed by atoms with Gasteiger partial charge in [-0.3, -0.25) is 9.69 Å². The Bertz CT molecular complexity index is 1410. The summed E-state index contributed by atoms with van der Waals surface area (Å²) in [6, 6.07) is 17.9. The van der Waals surface area contributed by atoms with Crippen molar-refractivity contribution in [2.24, 2.45) is 0 Å². The summed E-state index contributed by atoms with van der Waals surface area (Å²) in [4.78, 5) is 16.5. The van der Waals surface area contributed by atoms with E-state index >= 15 is 0 Å². The number of nitrogens with zero attached hydrogens (tertiary/aromatic N) is 2. The van der Waals surface area contributed by atoms with Crippen LogP contribution >= 0.6 is 23.0 Å². The smallest absolute Gasteiger partial charge is 0.196 e. The lowest BCUT2D eigenvalue weighted by atomic mass is 9.95. The minimum absolute atomic E-state index is 0.0409. The van der Waals surface area contributed by atoms with Gasteiger partial charge in [0, 0.05) is 36.3 Å². The van der Waals surface area contributed by atoms with Crippen LogP contribution in [0.2, 0.25) is 0 Å². The first-order chi connectivity index (χ1) is 16.7. The summed E-state index contributed by atoms with van der Waals surface area (Å²) in [6.45, 7) is 6.92. The molecule has 1 fully saturated rings. The molecule has 3 aromatic carbocycles. The lowest BCUT2D eigenvalue weighted by Gasteiger charge is -2.34. The molecule has 0 saturated carbocycles. The molecule has 3 heterocycles. The lowest BCUT2D eigenvalue weighted by molar-refractivity contribution is 0.0272. The zero-order valence-electron chi connectivity index (χ0n) is 18.9. The maximum atomic E-state index is 14.1. The fourth-order valence-electron chi connectivity index (χ4n) is 5.43. The summed E-state index contributed by atoms with van der Waals surface area (Å²) in [7, 11) is 0. The Morgan fingerprint density at radius 3 is 2.74 bits per heavy atom. The highest BCUT2D eigenvalue weighted by Crippen LogP contribution is 2.40. The molecule has 0 N–H and O–H groups in total. The summed E-state index contributed by atoms with van der Waals surface area (Å²) in [6.07, 6.45) is 0. The number of hydrogen-bond donors (Lipinski definition) is 0. The fraction of sp³-hybridized carbons (Fsp3) is 0.296. The van der Waals surface area contributed by atoms with Crippen LogP contribution in [0.1, 0.15) is 27.7 Å². The molecule has 1 atom stereocenters. The topological polar surface area (TPSA) is 52.9 Å². The monoisotopic (exact) mass is 568 g/mol. The Morgan fingerprint density at radius 1 is 1.09 bits per heavy atom. The van der Waals surface area contributed by atoms with Crippen molar-refractivity contribution in [3.63, 3.8) is 0 Å². The van der Waals surface area contributed by atoms with Gasteiger partial charge in [-0.25, -0.2) is 0 Å². The molecule has 2 aliphatic rings. The lowest BCUT2D eigenvalue weighted by Crippen LogP contribution is -2.42. The molecular weight excluding hydrogens is 543 g/mol. The van der Waals surface area contributed by atoms with Gasteiger partial charge in [0.2, 0.25) is 0 Å². The van der Waals surface area contributed by atoms with Crippen LogP contribution in [0.25, 0.3) is 21.7 Å². The van der Waals surface area contributed by atoms with Gasteiger partial charge in [0.25, 0.3) is 0 Å². The van der Waals surface area contributed by atoms with E-state index < -0.39 is 0 Å². The molecule has 174 valence electrons. The van der Waals surface area contributed by atoms with Crippen LogP contribution in [0.15, 0.2) is 54.6 Å². The van der Waals surface area contributed by atoms with E-state index in [4.69, 9.17) is 12.5 Å². The minimum Gasteiger partial charge on any atom is -0.489 e. The first-order valence-electron chi connectivity index (χ1n) is 11.6. The number of morpholine rings is 1. The van der Waals surface area contributed by atoms with Crippen molar-refractivity contribution >= 4 is 50.5 Å². The third-order valence-electron chi connectivity index (χ3n) is 7.01. The number of ether oxygens (including phenoxy) is 2. The second-order valence-electron chi connectivity index (χ2n) is 8.96. The molecule has 34 heavy (non-hydrogen) atoms. The Labute approximate surface area is 212 Å². The zero-order chi connectivity index (χ0) is 23.2. The summed E-state index contributed by atoms with van der Waals surface area (Å²) in [5.74, 6) is 1.66. The van der Waals surface area contributed by atoms with Crippen molar-refractivity contribution in [2.45, 2.75) is 13.0 Å². The molecule has 0 amide bonds. The van der Waals surface area contributed by atoms with Crippen LogP contribution in [0, 0.1) is 6.92 Å². The van der Waals surface area contributed by atoms with E-state index in [1.807, 2.05) is 77.6 Å². The number of benzene rings is 3. The fourth-order valence-corrected chi connectivity index (χ4v) is 5.71. The molecule has 0 spiro atoms. The number of hydrogen-bond acceptors (Lipinski definition) is 5. The highest BCUT2D eigenvalue weighted by molar-refractivity contribution is 14.1. The van der Waals surface area contributed by atoms with Crippen molar-refractivity contribution in [1.82, 2.24) is 9.47 Å². The van der Waals surface area contributed by atoms with Gasteiger partial charge in [-0.15, -0.1) is 0 Å². The summed E-state index contributed by atoms with van der Waals surface area (Å²) in [5.41, 5.74) is 3.48. The third kappa shape index (κ3) is 3.57. The number of carbonyl (C=O) groups is 1. The number of fused-ring (bicyclic) bond motifs is 1. The van der Waals surface area contributed by atoms with Crippen molar-refractivity contribution in [1.29, 1.82) is 0 Å². The predicted molar refractivity (Wildman–Crippen MR) is 140 cm³/mol. The van der Waals surface area contributed by atoms with Gasteiger partial charge in [0.15, 0.2) is 28.8 Å². The highest BCUT2D eigenvalue weighted by Gasteiger charge is 2.31. The third-order valence-corrected chi connectivity index (χ3v) is 7.52. The van der Waals surface area contributed by atoms with Crippen LogP contribution in [0.3, 0.4) is 0 Å². The Morgan fingerprint density at radius 2 is 1.91 bits per heavy atom. The van der Waals surface area contributed by atoms with E-state index in [2.05, 4.69) is 16.4 Å².